The Hall–Kier alpha value is -4.94. The van der Waals surface area contributed by atoms with E-state index in [1.54, 1.807) is 42.5 Å². The van der Waals surface area contributed by atoms with Gasteiger partial charge in [-0.3, -0.25) is 14.5 Å². The van der Waals surface area contributed by atoms with Gasteiger partial charge in [0.15, 0.2) is 5.69 Å². The molecule has 51 heavy (non-hydrogen) atoms. The van der Waals surface area contributed by atoms with Gasteiger partial charge in [-0.25, -0.2) is 0 Å². The second kappa shape index (κ2) is 14.0. The maximum Gasteiger partial charge on any atom is 0.435 e. The molecule has 8 nitrogen and oxygen atoms in total. The maximum atomic E-state index is 14.5. The van der Waals surface area contributed by atoms with Gasteiger partial charge >= 0.3 is 6.18 Å². The molecule has 3 heterocycles. The van der Waals surface area contributed by atoms with Crippen molar-refractivity contribution < 1.29 is 31.9 Å². The molecule has 266 valence electrons. The van der Waals surface area contributed by atoms with Crippen LogP contribution in [0.25, 0.3) is 11.1 Å². The number of carbonyl (C=O) groups is 1. The second-order valence-electron chi connectivity index (χ2n) is 13.7. The summed E-state index contributed by atoms with van der Waals surface area (Å²) < 4.78 is 63.2. The number of ether oxygens (including phenoxy) is 2. The number of aromatic nitrogens is 3. The Bertz CT molecular complexity index is 1970. The highest BCUT2D eigenvalue weighted by Gasteiger charge is 2.50. The molecule has 0 N–H and O–H groups in total. The molecule has 0 radical (unpaired) electrons. The molecule has 0 saturated heterocycles. The van der Waals surface area contributed by atoms with E-state index in [4.69, 9.17) is 13.9 Å². The van der Waals surface area contributed by atoms with Crippen LogP contribution in [0.1, 0.15) is 61.0 Å². The van der Waals surface area contributed by atoms with E-state index in [1.807, 2.05) is 43.3 Å². The number of hydrogen-bond acceptors (Lipinski definition) is 6. The van der Waals surface area contributed by atoms with Crippen LogP contribution in [0.15, 0.2) is 97.3 Å². The Morgan fingerprint density at radius 2 is 1.55 bits per heavy atom. The van der Waals surface area contributed by atoms with Crippen LogP contribution < -0.4 is 19.8 Å². The van der Waals surface area contributed by atoms with Crippen LogP contribution in [0, 0.1) is 0 Å². The lowest BCUT2D eigenvalue weighted by Gasteiger charge is -2.43. The van der Waals surface area contributed by atoms with Crippen LogP contribution in [-0.4, -0.2) is 54.2 Å². The van der Waals surface area contributed by atoms with Crippen molar-refractivity contribution in [3.05, 3.63) is 120 Å². The van der Waals surface area contributed by atoms with E-state index in [0.29, 0.717) is 17.0 Å². The number of amides is 1. The summed E-state index contributed by atoms with van der Waals surface area (Å²) in [7, 11) is -0.0691. The standard InChI is InChI=1S/C39H41F3N4O4Si/c1-26(34-23-28(48-6)17-18-43-34)46-19-20-49-35-31(33-24-45(5)44-36(33)39(40,41)42)21-27(22-32(35)37(46)47)25-50-51(38(2,3)4,29-13-9-7-10-14-29)30-15-11-8-12-16-30/h7-18,21-24,26H,19-20,25H2,1-6H3/t26-/m0/s1. The van der Waals surface area contributed by atoms with Gasteiger partial charge in [-0.2, -0.15) is 18.3 Å². The Kier molecular flexibility index (Phi) is 9.84. The zero-order valence-corrected chi connectivity index (χ0v) is 30.5. The summed E-state index contributed by atoms with van der Waals surface area (Å²) in [6.45, 7) is 8.56. The molecule has 0 unspecified atom stereocenters. The first-order valence-corrected chi connectivity index (χ1v) is 18.6. The van der Waals surface area contributed by atoms with Crippen molar-refractivity contribution in [3.8, 4) is 22.6 Å². The van der Waals surface area contributed by atoms with Crippen molar-refractivity contribution >= 4 is 24.6 Å². The van der Waals surface area contributed by atoms with Gasteiger partial charge in [0, 0.05) is 36.6 Å². The van der Waals surface area contributed by atoms with Crippen molar-refractivity contribution in [1.82, 2.24) is 19.7 Å². The number of halogens is 3. The van der Waals surface area contributed by atoms with Gasteiger partial charge in [-0.1, -0.05) is 81.4 Å². The molecule has 2 aromatic heterocycles. The molecule has 0 spiro atoms. The van der Waals surface area contributed by atoms with E-state index in [0.717, 1.165) is 15.1 Å². The van der Waals surface area contributed by atoms with E-state index in [9.17, 15) is 18.0 Å². The predicted octanol–water partition coefficient (Wildman–Crippen LogP) is 7.18. The maximum absolute atomic E-state index is 14.5. The molecule has 0 fully saturated rings. The molecule has 1 aliphatic heterocycles. The average molecular weight is 715 g/mol. The number of aryl methyl sites for hydroxylation is 1. The van der Waals surface area contributed by atoms with Crippen LogP contribution in [0.2, 0.25) is 5.04 Å². The molecule has 6 rings (SSSR count). The number of alkyl halides is 3. The van der Waals surface area contributed by atoms with Gasteiger partial charge in [-0.05, 0) is 46.1 Å². The molecule has 12 heteroatoms. The predicted molar refractivity (Wildman–Crippen MR) is 192 cm³/mol. The smallest absolute Gasteiger partial charge is 0.435 e. The van der Waals surface area contributed by atoms with E-state index >= 15 is 0 Å². The molecule has 0 saturated carbocycles. The van der Waals surface area contributed by atoms with Gasteiger partial charge in [0.2, 0.25) is 0 Å². The Morgan fingerprint density at radius 3 is 2.14 bits per heavy atom. The summed E-state index contributed by atoms with van der Waals surface area (Å²) in [6.07, 6.45) is -1.83. The number of methoxy groups -OCH3 is 1. The third-order valence-electron chi connectivity index (χ3n) is 9.36. The quantitative estimate of drug-likeness (QED) is 0.151. The molecule has 1 atom stereocenters. The lowest BCUT2D eigenvalue weighted by Crippen LogP contribution is -2.66. The molecule has 0 aliphatic carbocycles. The number of benzene rings is 3. The van der Waals surface area contributed by atoms with Crippen molar-refractivity contribution in [2.75, 3.05) is 20.3 Å². The molecular weight excluding hydrogens is 674 g/mol. The monoisotopic (exact) mass is 714 g/mol. The van der Waals surface area contributed by atoms with Gasteiger partial charge in [0.1, 0.15) is 18.1 Å². The van der Waals surface area contributed by atoms with Gasteiger partial charge < -0.3 is 18.8 Å². The van der Waals surface area contributed by atoms with Crippen LogP contribution in [-0.2, 0) is 24.3 Å². The van der Waals surface area contributed by atoms with Gasteiger partial charge in [-0.15, -0.1) is 0 Å². The minimum Gasteiger partial charge on any atom is -0.497 e. The fraction of sp³-hybridized carbons (Fsp3) is 0.308. The topological polar surface area (TPSA) is 78.7 Å². The fourth-order valence-electron chi connectivity index (χ4n) is 6.95. The summed E-state index contributed by atoms with van der Waals surface area (Å²) in [6, 6.07) is 26.5. The summed E-state index contributed by atoms with van der Waals surface area (Å²) in [5, 5.41) is 5.52. The molecule has 1 aliphatic rings. The Labute approximate surface area is 296 Å². The minimum absolute atomic E-state index is 0.0233. The highest BCUT2D eigenvalue weighted by atomic mass is 28.4. The second-order valence-corrected chi connectivity index (χ2v) is 18.0. The summed E-state index contributed by atoms with van der Waals surface area (Å²) in [5.41, 5.74) is 0.138. The largest absolute Gasteiger partial charge is 0.497 e. The first-order chi connectivity index (χ1) is 24.2. The lowest BCUT2D eigenvalue weighted by atomic mass is 9.97. The summed E-state index contributed by atoms with van der Waals surface area (Å²) >= 11 is 0. The third kappa shape index (κ3) is 6.90. The highest BCUT2D eigenvalue weighted by Crippen LogP contribution is 2.44. The molecular formula is C39H41F3N4O4Si. The Morgan fingerprint density at radius 1 is 0.922 bits per heavy atom. The van der Waals surface area contributed by atoms with Crippen LogP contribution in [0.3, 0.4) is 0 Å². The SMILES string of the molecule is COc1ccnc([C@H](C)N2CCOc3c(cc(CO[Si](c4ccccc4)(c4ccccc4)C(C)(C)C)cc3-c3cn(C)nc3C(F)(F)F)C2=O)c1. The zero-order valence-electron chi connectivity index (χ0n) is 29.5. The normalized spacial score (nSPS) is 14.5. The van der Waals surface area contributed by atoms with Crippen molar-refractivity contribution in [1.29, 1.82) is 0 Å². The number of carbonyl (C=O) groups excluding carboxylic acids is 1. The van der Waals surface area contributed by atoms with Crippen molar-refractivity contribution in [2.24, 2.45) is 7.05 Å². The van der Waals surface area contributed by atoms with Gasteiger partial charge in [0.05, 0.1) is 37.6 Å². The lowest BCUT2D eigenvalue weighted by molar-refractivity contribution is -0.141. The van der Waals surface area contributed by atoms with Crippen LogP contribution in [0.5, 0.6) is 11.5 Å². The number of hydrogen-bond donors (Lipinski definition) is 0. The summed E-state index contributed by atoms with van der Waals surface area (Å²) in [4.78, 5) is 20.6. The average Bonchev–Trinajstić information content (AvgIpc) is 3.44. The number of nitrogens with zero attached hydrogens (tertiary/aromatic N) is 4. The first kappa shape index (κ1) is 35.9. The van der Waals surface area contributed by atoms with E-state index in [-0.39, 0.29) is 47.2 Å². The van der Waals surface area contributed by atoms with Crippen molar-refractivity contribution in [2.45, 2.75) is 51.6 Å². The fourth-order valence-corrected chi connectivity index (χ4v) is 11.5. The van der Waals surface area contributed by atoms with E-state index in [2.05, 4.69) is 55.1 Å². The van der Waals surface area contributed by atoms with E-state index in [1.165, 1.54) is 13.2 Å². The molecule has 1 amide bonds. The zero-order chi connectivity index (χ0) is 36.6. The number of pyridine rings is 1. The summed E-state index contributed by atoms with van der Waals surface area (Å²) in [5.74, 6) is 0.263. The third-order valence-corrected chi connectivity index (χ3v) is 14.3. The molecule has 0 bridgehead atoms. The minimum atomic E-state index is -4.75. The highest BCUT2D eigenvalue weighted by molar-refractivity contribution is 6.99. The Balaban J connectivity index is 1.51. The van der Waals surface area contributed by atoms with E-state index < -0.39 is 32.1 Å². The number of rotatable bonds is 9. The number of fused-ring (bicyclic) bond motifs is 1. The van der Waals surface area contributed by atoms with Gasteiger partial charge in [0.25, 0.3) is 14.2 Å². The first-order valence-electron chi connectivity index (χ1n) is 16.7. The van der Waals surface area contributed by atoms with Crippen LogP contribution in [0.4, 0.5) is 13.2 Å². The van der Waals surface area contributed by atoms with Crippen molar-refractivity contribution in [3.63, 3.8) is 0 Å². The van der Waals surface area contributed by atoms with Crippen LogP contribution >= 0.6 is 0 Å². The molecule has 5 aromatic rings. The molecule has 3 aromatic carbocycles.